The van der Waals surface area contributed by atoms with Gasteiger partial charge in [-0.15, -0.1) is 0 Å². The third-order valence-corrected chi connectivity index (χ3v) is 4.47. The lowest BCUT2D eigenvalue weighted by atomic mass is 10.1. The molecule has 2 aliphatic heterocycles. The Hall–Kier alpha value is -1.35. The number of hydrogen-bond donors (Lipinski definition) is 0. The van der Waals surface area contributed by atoms with Crippen LogP contribution in [-0.4, -0.2) is 59.3 Å². The lowest BCUT2D eigenvalue weighted by Crippen LogP contribution is -2.60. The first-order valence-electron chi connectivity index (χ1n) is 7.21. The summed E-state index contributed by atoms with van der Waals surface area (Å²) >= 11 is 3.15. The molecule has 1 aromatic rings. The summed E-state index contributed by atoms with van der Waals surface area (Å²) in [5, 5.41) is 0. The Morgan fingerprint density at radius 3 is 2.57 bits per heavy atom. The van der Waals surface area contributed by atoms with E-state index in [1.54, 1.807) is 0 Å². The molecule has 0 aliphatic carbocycles. The average molecular weight is 394 g/mol. The van der Waals surface area contributed by atoms with E-state index >= 15 is 0 Å². The standard InChI is InChI=1S/C14H15BrF3N3O2/c15-9-2-3-11(19-6-9)12(14(16,17)18)21-5-1-4-20(13(21)22)10-7-23-8-10/h2-3,6,10,12H,1,4-5,7-8H2. The summed E-state index contributed by atoms with van der Waals surface area (Å²) in [6, 6.07) is 0.0223. The molecule has 2 saturated heterocycles. The molecule has 23 heavy (non-hydrogen) atoms. The van der Waals surface area contributed by atoms with Gasteiger partial charge in [0.1, 0.15) is 0 Å². The first-order valence-corrected chi connectivity index (χ1v) is 8.00. The van der Waals surface area contributed by atoms with Crippen molar-refractivity contribution in [1.82, 2.24) is 14.8 Å². The van der Waals surface area contributed by atoms with Gasteiger partial charge in [0.25, 0.3) is 0 Å². The number of rotatable bonds is 3. The fourth-order valence-electron chi connectivity index (χ4n) is 2.80. The first kappa shape index (κ1) is 16.5. The molecular formula is C14H15BrF3N3O2. The van der Waals surface area contributed by atoms with Gasteiger partial charge >= 0.3 is 12.2 Å². The number of halogens is 4. The monoisotopic (exact) mass is 393 g/mol. The van der Waals surface area contributed by atoms with Crippen molar-refractivity contribution in [2.75, 3.05) is 26.3 Å². The van der Waals surface area contributed by atoms with Crippen molar-refractivity contribution in [2.24, 2.45) is 0 Å². The van der Waals surface area contributed by atoms with Crippen LogP contribution in [0.25, 0.3) is 0 Å². The molecule has 2 amide bonds. The van der Waals surface area contributed by atoms with E-state index in [0.717, 1.165) is 4.90 Å². The zero-order valence-corrected chi connectivity index (χ0v) is 13.7. The van der Waals surface area contributed by atoms with Gasteiger partial charge in [0.2, 0.25) is 0 Å². The Morgan fingerprint density at radius 2 is 2.04 bits per heavy atom. The zero-order chi connectivity index (χ0) is 16.6. The molecule has 9 heteroatoms. The van der Waals surface area contributed by atoms with Crippen LogP contribution >= 0.6 is 15.9 Å². The number of ether oxygens (including phenoxy) is 1. The lowest BCUT2D eigenvalue weighted by Gasteiger charge is -2.45. The van der Waals surface area contributed by atoms with Gasteiger partial charge in [-0.2, -0.15) is 13.2 Å². The maximum Gasteiger partial charge on any atom is 0.414 e. The molecule has 3 rings (SSSR count). The molecule has 0 saturated carbocycles. The van der Waals surface area contributed by atoms with Gasteiger partial charge in [-0.3, -0.25) is 4.98 Å². The van der Waals surface area contributed by atoms with E-state index < -0.39 is 18.2 Å². The van der Waals surface area contributed by atoms with Gasteiger partial charge in [0.05, 0.1) is 24.9 Å². The normalized spacial score (nSPS) is 21.3. The smallest absolute Gasteiger partial charge is 0.377 e. The predicted molar refractivity (Wildman–Crippen MR) is 78.8 cm³/mol. The van der Waals surface area contributed by atoms with E-state index in [1.165, 1.54) is 23.2 Å². The van der Waals surface area contributed by atoms with E-state index in [4.69, 9.17) is 4.74 Å². The van der Waals surface area contributed by atoms with Crippen LogP contribution in [0.4, 0.5) is 18.0 Å². The number of carbonyl (C=O) groups is 1. The number of nitrogens with zero attached hydrogens (tertiary/aromatic N) is 3. The van der Waals surface area contributed by atoms with Crippen molar-refractivity contribution in [3.8, 4) is 0 Å². The number of amides is 2. The fourth-order valence-corrected chi connectivity index (χ4v) is 3.04. The number of aromatic nitrogens is 1. The molecule has 1 aromatic heterocycles. The summed E-state index contributed by atoms with van der Waals surface area (Å²) in [6.07, 6.45) is -2.79. The Balaban J connectivity index is 1.89. The first-order chi connectivity index (χ1) is 10.9. The maximum absolute atomic E-state index is 13.6. The fraction of sp³-hybridized carbons (Fsp3) is 0.571. The molecule has 0 bridgehead atoms. The molecular weight excluding hydrogens is 379 g/mol. The minimum absolute atomic E-state index is 0.0603. The van der Waals surface area contributed by atoms with Crippen LogP contribution in [-0.2, 0) is 4.74 Å². The van der Waals surface area contributed by atoms with E-state index in [9.17, 15) is 18.0 Å². The van der Waals surface area contributed by atoms with Crippen LogP contribution in [0.2, 0.25) is 0 Å². The molecule has 0 radical (unpaired) electrons. The molecule has 1 atom stereocenters. The third kappa shape index (κ3) is 3.30. The van der Waals surface area contributed by atoms with E-state index in [1.807, 2.05) is 0 Å². The number of alkyl halides is 3. The van der Waals surface area contributed by atoms with Crippen LogP contribution in [0.3, 0.4) is 0 Å². The van der Waals surface area contributed by atoms with E-state index in [2.05, 4.69) is 20.9 Å². The summed E-state index contributed by atoms with van der Waals surface area (Å²) < 4.78 is 46.4. The van der Waals surface area contributed by atoms with Crippen molar-refractivity contribution in [1.29, 1.82) is 0 Å². The van der Waals surface area contributed by atoms with Gasteiger partial charge in [-0.1, -0.05) is 0 Å². The summed E-state index contributed by atoms with van der Waals surface area (Å²) in [6.45, 7) is 1.28. The highest BCUT2D eigenvalue weighted by molar-refractivity contribution is 9.10. The highest BCUT2D eigenvalue weighted by Crippen LogP contribution is 2.39. The van der Waals surface area contributed by atoms with Crippen LogP contribution in [0.1, 0.15) is 18.2 Å². The van der Waals surface area contributed by atoms with Gasteiger partial charge < -0.3 is 14.5 Å². The van der Waals surface area contributed by atoms with Gasteiger partial charge in [-0.05, 0) is 34.5 Å². The number of pyridine rings is 1. The second-order valence-corrected chi connectivity index (χ2v) is 6.48. The molecule has 0 N–H and O–H groups in total. The Kier molecular flexibility index (Phi) is 4.50. The Labute approximate surface area is 139 Å². The average Bonchev–Trinajstić information content (AvgIpc) is 2.42. The highest BCUT2D eigenvalue weighted by atomic mass is 79.9. The summed E-state index contributed by atoms with van der Waals surface area (Å²) in [7, 11) is 0. The van der Waals surface area contributed by atoms with Gasteiger partial charge in [-0.25, -0.2) is 4.79 Å². The zero-order valence-electron chi connectivity index (χ0n) is 12.1. The second kappa shape index (κ2) is 6.27. The second-order valence-electron chi connectivity index (χ2n) is 5.56. The Bertz CT molecular complexity index is 578. The molecule has 126 valence electrons. The number of hydrogen-bond acceptors (Lipinski definition) is 3. The van der Waals surface area contributed by atoms with E-state index in [0.29, 0.717) is 30.7 Å². The lowest BCUT2D eigenvalue weighted by molar-refractivity contribution is -0.184. The molecule has 2 fully saturated rings. The summed E-state index contributed by atoms with van der Waals surface area (Å²) in [5.74, 6) is 0. The van der Waals surface area contributed by atoms with Crippen molar-refractivity contribution in [3.05, 3.63) is 28.5 Å². The highest BCUT2D eigenvalue weighted by Gasteiger charge is 2.50. The molecule has 2 aliphatic rings. The van der Waals surface area contributed by atoms with Crippen LogP contribution in [0, 0.1) is 0 Å². The SMILES string of the molecule is O=C1N(C2COC2)CCCN1C(c1ccc(Br)cn1)C(F)(F)F. The van der Waals surface area contributed by atoms with Crippen molar-refractivity contribution in [2.45, 2.75) is 24.7 Å². The molecule has 0 aromatic carbocycles. The quantitative estimate of drug-likeness (QED) is 0.792. The van der Waals surface area contributed by atoms with Crippen LogP contribution in [0.5, 0.6) is 0 Å². The summed E-state index contributed by atoms with van der Waals surface area (Å²) in [4.78, 5) is 18.8. The van der Waals surface area contributed by atoms with Crippen molar-refractivity contribution < 1.29 is 22.7 Å². The van der Waals surface area contributed by atoms with Crippen LogP contribution in [0.15, 0.2) is 22.8 Å². The minimum atomic E-state index is -4.59. The van der Waals surface area contributed by atoms with Gasteiger partial charge in [0.15, 0.2) is 6.04 Å². The largest absolute Gasteiger partial charge is 0.414 e. The van der Waals surface area contributed by atoms with Gasteiger partial charge in [0, 0.05) is 23.8 Å². The molecule has 5 nitrogen and oxygen atoms in total. The number of urea groups is 1. The van der Waals surface area contributed by atoms with E-state index in [-0.39, 0.29) is 18.3 Å². The molecule has 3 heterocycles. The number of carbonyl (C=O) groups excluding carboxylic acids is 1. The Morgan fingerprint density at radius 1 is 1.30 bits per heavy atom. The summed E-state index contributed by atoms with van der Waals surface area (Å²) in [5.41, 5.74) is -0.180. The predicted octanol–water partition coefficient (Wildman–Crippen LogP) is 2.97. The molecule has 1 unspecified atom stereocenters. The minimum Gasteiger partial charge on any atom is -0.377 e. The van der Waals surface area contributed by atoms with Crippen LogP contribution < -0.4 is 0 Å². The third-order valence-electron chi connectivity index (χ3n) is 4.00. The van der Waals surface area contributed by atoms with Crippen molar-refractivity contribution in [3.63, 3.8) is 0 Å². The topological polar surface area (TPSA) is 45.7 Å². The molecule has 0 spiro atoms. The van der Waals surface area contributed by atoms with Crippen molar-refractivity contribution >= 4 is 22.0 Å². The maximum atomic E-state index is 13.6.